The van der Waals surface area contributed by atoms with E-state index in [-0.39, 0.29) is 46.6 Å². The van der Waals surface area contributed by atoms with Gasteiger partial charge in [0.1, 0.15) is 5.75 Å². The molecule has 0 unspecified atom stereocenters. The summed E-state index contributed by atoms with van der Waals surface area (Å²) in [6.45, 7) is 0. The van der Waals surface area contributed by atoms with Crippen LogP contribution in [0.25, 0.3) is 0 Å². The third-order valence-electron chi connectivity index (χ3n) is 2.52. The summed E-state index contributed by atoms with van der Waals surface area (Å²) in [5.41, 5.74) is 0.591. The second-order valence-electron chi connectivity index (χ2n) is 3.92. The van der Waals surface area contributed by atoms with E-state index < -0.39 is 5.90 Å². The van der Waals surface area contributed by atoms with Crippen LogP contribution >= 0.6 is 15.9 Å². The molecule has 0 fully saturated rings. The Morgan fingerprint density at radius 2 is 2.04 bits per heavy atom. The van der Waals surface area contributed by atoms with Crippen LogP contribution in [0.3, 0.4) is 0 Å². The largest absolute Gasteiger partial charge is 4.00 e. The predicted octanol–water partition coefficient (Wildman–Crippen LogP) is 0.711. The molecule has 0 saturated heterocycles. The second-order valence-corrected chi connectivity index (χ2v) is 4.83. The third kappa shape index (κ3) is 6.30. The smallest absolute Gasteiger partial charge is 0.870 e. The number of ether oxygens (including phenoxy) is 1. The van der Waals surface area contributed by atoms with Crippen molar-refractivity contribution in [3.8, 4) is 11.5 Å². The second kappa shape index (κ2) is 11.6. The van der Waals surface area contributed by atoms with E-state index in [1.807, 2.05) is 0 Å². The number of hydrogen-bond acceptors (Lipinski definition) is 8. The molecule has 0 amide bonds. The predicted molar refractivity (Wildman–Crippen MR) is 82.4 cm³/mol. The first-order valence-corrected chi connectivity index (χ1v) is 6.64. The van der Waals surface area contributed by atoms with Crippen LogP contribution in [0.15, 0.2) is 51.3 Å². The normalized spacial score (nSPS) is 10.3. The van der Waals surface area contributed by atoms with E-state index in [0.29, 0.717) is 10.0 Å². The molecule has 2 aromatic rings. The van der Waals surface area contributed by atoms with Crippen LogP contribution in [0, 0.1) is 0 Å². The number of hydrogen-bond donors (Lipinski definition) is 0. The number of rotatable bonds is 4. The third-order valence-corrected chi connectivity index (χ3v) is 2.98. The van der Waals surface area contributed by atoms with E-state index in [9.17, 15) is 10.2 Å². The molecule has 10 heteroatoms. The van der Waals surface area contributed by atoms with Gasteiger partial charge in [0, 0.05) is 28.3 Å². The van der Waals surface area contributed by atoms with Crippen LogP contribution in [-0.4, -0.2) is 35.2 Å². The topological polar surface area (TPSA) is 153 Å². The number of nitrogens with zero attached hydrogens (tertiary/aromatic N) is 3. The van der Waals surface area contributed by atoms with Gasteiger partial charge in [-0.2, -0.15) is 10.2 Å². The van der Waals surface area contributed by atoms with Gasteiger partial charge in [0.15, 0.2) is 0 Å². The van der Waals surface area contributed by atoms with Crippen molar-refractivity contribution in [1.29, 1.82) is 0 Å². The minimum absolute atomic E-state index is 0. The maximum Gasteiger partial charge on any atom is 4.00 e. The molecule has 0 atom stereocenters. The van der Waals surface area contributed by atoms with Crippen LogP contribution in [0.2, 0.25) is 0 Å². The molecule has 125 valence electrons. The van der Waals surface area contributed by atoms with Crippen LogP contribution in [0.4, 0.5) is 0 Å². The van der Waals surface area contributed by atoms with Gasteiger partial charge in [-0.1, -0.05) is 27.7 Å². The summed E-state index contributed by atoms with van der Waals surface area (Å²) in [6, 6.07) is 6.33. The van der Waals surface area contributed by atoms with Gasteiger partial charge in [0.2, 0.25) is 0 Å². The number of pyridine rings is 1. The van der Waals surface area contributed by atoms with Gasteiger partial charge in [-0.15, -0.1) is 0 Å². The van der Waals surface area contributed by atoms with Crippen molar-refractivity contribution in [3.63, 3.8) is 0 Å². The Morgan fingerprint density at radius 3 is 2.62 bits per heavy atom. The summed E-state index contributed by atoms with van der Waals surface area (Å²) in [4.78, 5) is 3.81. The molecule has 0 saturated carbocycles. The van der Waals surface area contributed by atoms with Crippen molar-refractivity contribution in [2.24, 2.45) is 10.2 Å². The van der Waals surface area contributed by atoms with Crippen molar-refractivity contribution in [3.05, 3.63) is 52.3 Å². The summed E-state index contributed by atoms with van der Waals surface area (Å²) in [7, 11) is 1.40. The number of halogens is 1. The fourth-order valence-electron chi connectivity index (χ4n) is 1.53. The first-order valence-electron chi connectivity index (χ1n) is 5.85. The summed E-state index contributed by atoms with van der Waals surface area (Å²) in [5, 5.41) is 30.8. The van der Waals surface area contributed by atoms with E-state index in [1.165, 1.54) is 19.5 Å². The molecular formula is C14H12BrN3O5V. The monoisotopic (exact) mass is 432 g/mol. The van der Waals surface area contributed by atoms with Crippen molar-refractivity contribution in [1.82, 2.24) is 4.98 Å². The fourth-order valence-corrected chi connectivity index (χ4v) is 1.98. The molecule has 0 spiro atoms. The molecule has 2 rings (SSSR count). The van der Waals surface area contributed by atoms with Gasteiger partial charge >= 0.3 is 18.6 Å². The van der Waals surface area contributed by atoms with Crippen LogP contribution in [-0.2, 0) is 18.6 Å². The average Bonchev–Trinajstić information content (AvgIpc) is 2.51. The average molecular weight is 433 g/mol. The van der Waals surface area contributed by atoms with Crippen molar-refractivity contribution >= 4 is 28.0 Å². The molecule has 8 nitrogen and oxygen atoms in total. The Labute approximate surface area is 158 Å². The molecule has 0 aliphatic carbocycles. The first-order chi connectivity index (χ1) is 10.1. The zero-order chi connectivity index (χ0) is 15.2. The Morgan fingerprint density at radius 1 is 1.33 bits per heavy atom. The zero-order valence-electron chi connectivity index (χ0n) is 12.3. The zero-order valence-corrected chi connectivity index (χ0v) is 15.3. The Balaban J connectivity index is 0. The van der Waals surface area contributed by atoms with Gasteiger partial charge in [0.05, 0.1) is 13.3 Å². The number of benzene rings is 1. The van der Waals surface area contributed by atoms with Gasteiger partial charge in [-0.25, -0.2) is 0 Å². The molecule has 2 N–H and O–H groups in total. The van der Waals surface area contributed by atoms with Crippen molar-refractivity contribution in [2.75, 3.05) is 7.11 Å². The summed E-state index contributed by atoms with van der Waals surface area (Å²) in [5.74, 6) is -0.674. The maximum atomic E-state index is 11.9. The maximum absolute atomic E-state index is 11.9. The molecule has 0 aliphatic heterocycles. The van der Waals surface area contributed by atoms with Gasteiger partial charge in [0.25, 0.3) is 0 Å². The van der Waals surface area contributed by atoms with Crippen molar-refractivity contribution in [2.45, 2.75) is 0 Å². The van der Waals surface area contributed by atoms with Gasteiger partial charge < -0.3 is 25.9 Å². The number of aromatic nitrogens is 1. The molecule has 1 radical (unpaired) electrons. The van der Waals surface area contributed by atoms with E-state index >= 15 is 0 Å². The summed E-state index contributed by atoms with van der Waals surface area (Å²) >= 11 is 3.26. The Bertz CT molecular complexity index is 698. The summed E-state index contributed by atoms with van der Waals surface area (Å²) < 4.78 is 5.62. The van der Waals surface area contributed by atoms with Crippen molar-refractivity contribution < 1.29 is 44.5 Å². The van der Waals surface area contributed by atoms with Gasteiger partial charge in [-0.05, 0) is 23.8 Å². The van der Waals surface area contributed by atoms with Crippen LogP contribution in [0.5, 0.6) is 11.5 Å². The van der Waals surface area contributed by atoms with E-state index in [0.717, 1.165) is 0 Å². The minimum atomic E-state index is -0.534. The molecule has 1 aromatic carbocycles. The van der Waals surface area contributed by atoms with Crippen LogP contribution < -0.4 is 14.9 Å². The van der Waals surface area contributed by atoms with Crippen LogP contribution in [0.1, 0.15) is 11.1 Å². The Kier molecular flexibility index (Phi) is 11.8. The fraction of sp³-hybridized carbons (Fsp3) is 0.0714. The molecule has 0 aliphatic rings. The first kappa shape index (κ1) is 24.3. The molecule has 1 heterocycles. The SMILES string of the molecule is COc1cc(Br)cc(/C=N/N=C(\[O-])c2cccnc2)c1[O-].[OH-].[OH-].[V+4]. The standard InChI is InChI=1S/C14H12BrN3O3.2H2O.V/c1-21-12-6-11(15)5-10(13(12)19)8-17-18-14(20)9-3-2-4-16-7-9;;;/h2-8,19H,1H3,(H,18,20);2*1H2;/q;;;+4/p-4/b17-8+;;;. The molecule has 24 heavy (non-hydrogen) atoms. The quantitative estimate of drug-likeness (QED) is 0.393. The van der Waals surface area contributed by atoms with Gasteiger partial charge in [-0.3, -0.25) is 4.98 Å². The minimum Gasteiger partial charge on any atom is -0.870 e. The number of methoxy groups -OCH3 is 1. The Hall–Kier alpha value is -1.91. The molecule has 1 aromatic heterocycles. The van der Waals surface area contributed by atoms with E-state index in [4.69, 9.17) is 4.74 Å². The van der Waals surface area contributed by atoms with E-state index in [1.54, 1.807) is 30.5 Å². The molecular weight excluding hydrogens is 421 g/mol. The summed E-state index contributed by atoms with van der Waals surface area (Å²) in [6.07, 6.45) is 4.16. The van der Waals surface area contributed by atoms with E-state index in [2.05, 4.69) is 31.1 Å². The molecule has 0 bridgehead atoms.